The molecular weight excluding hydrogens is 484 g/mol. The van der Waals surface area contributed by atoms with Gasteiger partial charge in [-0.15, -0.1) is 0 Å². The van der Waals surface area contributed by atoms with Crippen LogP contribution in [0.3, 0.4) is 0 Å². The first kappa shape index (κ1) is 27.5. The van der Waals surface area contributed by atoms with Gasteiger partial charge < -0.3 is 25.0 Å². The number of hydrogen-bond acceptors (Lipinski definition) is 7. The number of rotatable bonds is 9. The Morgan fingerprint density at radius 1 is 1.13 bits per heavy atom. The zero-order chi connectivity index (χ0) is 27.7. The van der Waals surface area contributed by atoms with Gasteiger partial charge in [-0.05, 0) is 48.9 Å². The summed E-state index contributed by atoms with van der Waals surface area (Å²) in [7, 11) is 1.53. The van der Waals surface area contributed by atoms with Gasteiger partial charge in [-0.25, -0.2) is 9.78 Å². The maximum absolute atomic E-state index is 12.4. The molecule has 0 aliphatic carbocycles. The third kappa shape index (κ3) is 5.08. The number of ether oxygens (including phenoxy) is 1. The van der Waals surface area contributed by atoms with Crippen LogP contribution in [0, 0.1) is 5.41 Å². The van der Waals surface area contributed by atoms with Gasteiger partial charge in [0.25, 0.3) is 0 Å². The molecule has 3 heterocycles. The van der Waals surface area contributed by atoms with Gasteiger partial charge >= 0.3 is 6.09 Å². The number of pyridine rings is 1. The summed E-state index contributed by atoms with van der Waals surface area (Å²) in [5.74, 6) is 0.752. The molecule has 1 unspecified atom stereocenters. The van der Waals surface area contributed by atoms with Crippen LogP contribution < -0.4 is 4.74 Å². The van der Waals surface area contributed by atoms with Crippen molar-refractivity contribution in [1.29, 1.82) is 0 Å². The SMILES string of the molecule is COc1cccc([C@](C)(O)CCc2cc(C(O)(c3ccc(C(C)C)cc3)C3(C)CN(C(=O)O)C3)cnn2)n1. The van der Waals surface area contributed by atoms with E-state index in [2.05, 4.69) is 29.0 Å². The van der Waals surface area contributed by atoms with Crippen molar-refractivity contribution in [2.75, 3.05) is 20.2 Å². The Bertz CT molecular complexity index is 1290. The van der Waals surface area contributed by atoms with Crippen LogP contribution >= 0.6 is 0 Å². The molecule has 1 saturated heterocycles. The molecule has 9 heteroatoms. The molecule has 9 nitrogen and oxygen atoms in total. The molecule has 0 saturated carbocycles. The Morgan fingerprint density at radius 2 is 1.82 bits per heavy atom. The highest BCUT2D eigenvalue weighted by atomic mass is 16.5. The highest BCUT2D eigenvalue weighted by molar-refractivity contribution is 5.67. The van der Waals surface area contributed by atoms with Crippen LogP contribution in [0.2, 0.25) is 0 Å². The molecule has 3 aromatic rings. The molecule has 1 aromatic carbocycles. The maximum atomic E-state index is 12.4. The molecule has 0 spiro atoms. The fraction of sp³-hybridized carbons (Fsp3) is 0.448. The average Bonchev–Trinajstić information content (AvgIpc) is 2.89. The van der Waals surface area contributed by atoms with Crippen LogP contribution in [0.15, 0.2) is 54.7 Å². The lowest BCUT2D eigenvalue weighted by Gasteiger charge is -2.55. The number of aromatic nitrogens is 3. The van der Waals surface area contributed by atoms with Gasteiger partial charge in [0.05, 0.1) is 24.7 Å². The van der Waals surface area contributed by atoms with Crippen molar-refractivity contribution < 1.29 is 24.9 Å². The van der Waals surface area contributed by atoms with E-state index in [1.807, 2.05) is 31.2 Å². The van der Waals surface area contributed by atoms with Gasteiger partial charge in [-0.1, -0.05) is 51.1 Å². The predicted octanol–water partition coefficient (Wildman–Crippen LogP) is 4.08. The van der Waals surface area contributed by atoms with Gasteiger partial charge in [0.15, 0.2) is 0 Å². The second-order valence-electron chi connectivity index (χ2n) is 11.0. The Labute approximate surface area is 223 Å². The van der Waals surface area contributed by atoms with E-state index in [1.54, 1.807) is 31.2 Å². The summed E-state index contributed by atoms with van der Waals surface area (Å²) in [4.78, 5) is 17.2. The van der Waals surface area contributed by atoms with Gasteiger partial charge in [0.1, 0.15) is 11.2 Å². The zero-order valence-corrected chi connectivity index (χ0v) is 22.5. The number of methoxy groups -OCH3 is 1. The van der Waals surface area contributed by atoms with Crippen LogP contribution in [0.5, 0.6) is 5.88 Å². The molecule has 0 bridgehead atoms. The summed E-state index contributed by atoms with van der Waals surface area (Å²) < 4.78 is 5.19. The second kappa shape index (κ2) is 10.3. The highest BCUT2D eigenvalue weighted by Crippen LogP contribution is 2.50. The van der Waals surface area contributed by atoms with Crippen molar-refractivity contribution in [3.8, 4) is 5.88 Å². The number of carbonyl (C=O) groups is 1. The van der Waals surface area contributed by atoms with Crippen LogP contribution in [0.4, 0.5) is 4.79 Å². The normalized spacial score (nSPS) is 17.8. The minimum atomic E-state index is -1.50. The van der Waals surface area contributed by atoms with Crippen LogP contribution in [0.25, 0.3) is 0 Å². The first-order valence-electron chi connectivity index (χ1n) is 12.8. The van der Waals surface area contributed by atoms with E-state index in [1.165, 1.54) is 18.2 Å². The predicted molar refractivity (Wildman–Crippen MR) is 142 cm³/mol. The van der Waals surface area contributed by atoms with Crippen LogP contribution in [0.1, 0.15) is 68.1 Å². The number of carboxylic acid groups (broad SMARTS) is 1. The lowest BCUT2D eigenvalue weighted by Crippen LogP contribution is -2.66. The van der Waals surface area contributed by atoms with E-state index in [-0.39, 0.29) is 13.1 Å². The molecule has 1 fully saturated rings. The maximum Gasteiger partial charge on any atom is 0.407 e. The van der Waals surface area contributed by atoms with Crippen LogP contribution in [-0.2, 0) is 17.6 Å². The molecule has 2 aromatic heterocycles. The Hall–Kier alpha value is -3.56. The summed E-state index contributed by atoms with van der Waals surface area (Å²) in [5, 5.41) is 41.4. The lowest BCUT2D eigenvalue weighted by molar-refractivity contribution is -0.124. The highest BCUT2D eigenvalue weighted by Gasteiger charge is 2.57. The van der Waals surface area contributed by atoms with Gasteiger partial charge in [-0.2, -0.15) is 10.2 Å². The molecule has 4 rings (SSSR count). The molecule has 0 radical (unpaired) electrons. The number of benzene rings is 1. The quantitative estimate of drug-likeness (QED) is 0.385. The Balaban J connectivity index is 1.66. The van der Waals surface area contributed by atoms with Crippen molar-refractivity contribution in [3.05, 3.63) is 82.8 Å². The van der Waals surface area contributed by atoms with Gasteiger partial charge in [0.2, 0.25) is 5.88 Å². The fourth-order valence-electron chi connectivity index (χ4n) is 5.19. The third-order valence-electron chi connectivity index (χ3n) is 7.69. The topological polar surface area (TPSA) is 129 Å². The number of aryl methyl sites for hydroxylation is 1. The third-order valence-corrected chi connectivity index (χ3v) is 7.69. The van der Waals surface area contributed by atoms with E-state index < -0.39 is 22.7 Å². The standard InChI is InChI=1S/C29H36N4O5/c1-19(2)20-9-11-21(12-10-20)29(37,27(3)17-33(18-27)26(34)35)22-15-23(32-30-16-22)13-14-28(4,36)24-7-6-8-25(31-24)38-5/h6-12,15-16,19,36-37H,13-14,17-18H2,1-5H3,(H,34,35)/t28-,29?/m1/s1. The van der Waals surface area contributed by atoms with Crippen LogP contribution in [-0.4, -0.2) is 61.7 Å². The Kier molecular flexibility index (Phi) is 7.45. The molecule has 1 amide bonds. The first-order chi connectivity index (χ1) is 17.9. The smallest absolute Gasteiger partial charge is 0.407 e. The van der Waals surface area contributed by atoms with Crippen molar-refractivity contribution in [3.63, 3.8) is 0 Å². The Morgan fingerprint density at radius 3 is 2.42 bits per heavy atom. The molecular formula is C29H36N4O5. The van der Waals surface area contributed by atoms with Crippen molar-refractivity contribution in [1.82, 2.24) is 20.1 Å². The van der Waals surface area contributed by atoms with E-state index in [9.17, 15) is 20.1 Å². The largest absolute Gasteiger partial charge is 0.481 e. The molecule has 38 heavy (non-hydrogen) atoms. The molecule has 202 valence electrons. The van der Waals surface area contributed by atoms with E-state index in [4.69, 9.17) is 4.74 Å². The second-order valence-corrected chi connectivity index (χ2v) is 11.0. The number of aliphatic hydroxyl groups is 2. The zero-order valence-electron chi connectivity index (χ0n) is 22.5. The van der Waals surface area contributed by atoms with Crippen molar-refractivity contribution in [2.45, 2.75) is 57.7 Å². The number of amides is 1. The fourth-order valence-corrected chi connectivity index (χ4v) is 5.19. The van der Waals surface area contributed by atoms with Crippen molar-refractivity contribution >= 4 is 6.09 Å². The molecule has 1 aliphatic rings. The number of nitrogens with zero attached hydrogens (tertiary/aromatic N) is 4. The number of likely N-dealkylation sites (tertiary alicyclic amines) is 1. The van der Waals surface area contributed by atoms with E-state index >= 15 is 0 Å². The summed E-state index contributed by atoms with van der Waals surface area (Å²) in [6, 6.07) is 14.8. The molecule has 3 N–H and O–H groups in total. The van der Waals surface area contributed by atoms with Gasteiger partial charge in [-0.3, -0.25) is 0 Å². The minimum absolute atomic E-state index is 0.179. The monoisotopic (exact) mass is 520 g/mol. The summed E-state index contributed by atoms with van der Waals surface area (Å²) in [5.41, 5.74) is -0.0930. The summed E-state index contributed by atoms with van der Waals surface area (Å²) >= 11 is 0. The van der Waals surface area contributed by atoms with E-state index in [0.29, 0.717) is 47.2 Å². The average molecular weight is 521 g/mol. The lowest BCUT2D eigenvalue weighted by atomic mass is 9.62. The summed E-state index contributed by atoms with van der Waals surface area (Å²) in [6.45, 7) is 8.15. The summed E-state index contributed by atoms with van der Waals surface area (Å²) in [6.07, 6.45) is 1.22. The number of hydrogen-bond donors (Lipinski definition) is 3. The molecule has 2 atom stereocenters. The van der Waals surface area contributed by atoms with Gasteiger partial charge in [0, 0.05) is 30.1 Å². The minimum Gasteiger partial charge on any atom is -0.481 e. The molecule has 1 aliphatic heterocycles. The first-order valence-corrected chi connectivity index (χ1v) is 12.8. The van der Waals surface area contributed by atoms with Crippen molar-refractivity contribution in [2.24, 2.45) is 5.41 Å². The van der Waals surface area contributed by atoms with E-state index in [0.717, 1.165) is 5.56 Å².